The third kappa shape index (κ3) is 5.96. The average molecular weight is 295 g/mol. The van der Waals surface area contributed by atoms with Crippen molar-refractivity contribution in [3.05, 3.63) is 29.8 Å². The van der Waals surface area contributed by atoms with Crippen LogP contribution in [-0.4, -0.2) is 18.0 Å². The summed E-state index contributed by atoms with van der Waals surface area (Å²) in [5.74, 6) is -0.0735. The summed E-state index contributed by atoms with van der Waals surface area (Å²) in [5.41, 5.74) is 0.778. The Morgan fingerprint density at radius 3 is 2.32 bits per heavy atom. The van der Waals surface area contributed by atoms with Gasteiger partial charge >= 0.3 is 6.36 Å². The molecule has 1 aromatic rings. The number of rotatable bonds is 6. The molecule has 6 heteroatoms. The largest absolute Gasteiger partial charge is 0.573 e. The van der Waals surface area contributed by atoms with Gasteiger partial charge < -0.3 is 4.74 Å². The summed E-state index contributed by atoms with van der Waals surface area (Å²) in [6.45, 7) is 1.48. The molecule has 0 saturated heterocycles. The Labute approximate surface area is 114 Å². The fourth-order valence-corrected chi connectivity index (χ4v) is 1.96. The quantitative estimate of drug-likeness (QED) is 0.742. The standard InChI is InChI=1S/C13H14ClF3O2/c1-9(18)11(6-7-14)8-10-2-4-12(5-3-10)19-13(15,16)17/h2-5,11H,6-8H2,1H3. The van der Waals surface area contributed by atoms with E-state index in [2.05, 4.69) is 4.74 Å². The molecule has 0 bridgehead atoms. The Morgan fingerprint density at radius 1 is 1.32 bits per heavy atom. The molecule has 1 atom stereocenters. The van der Waals surface area contributed by atoms with Gasteiger partial charge in [-0.2, -0.15) is 0 Å². The Kier molecular flexibility index (Phi) is 5.66. The van der Waals surface area contributed by atoms with Gasteiger partial charge in [0.15, 0.2) is 0 Å². The predicted molar refractivity (Wildman–Crippen MR) is 66.3 cm³/mol. The maximum Gasteiger partial charge on any atom is 0.573 e. The van der Waals surface area contributed by atoms with Gasteiger partial charge in [0.05, 0.1) is 0 Å². The highest BCUT2D eigenvalue weighted by Gasteiger charge is 2.30. The molecule has 0 amide bonds. The third-order valence-electron chi connectivity index (χ3n) is 2.67. The zero-order valence-corrected chi connectivity index (χ0v) is 11.1. The molecule has 1 rings (SSSR count). The second-order valence-electron chi connectivity index (χ2n) is 4.18. The molecule has 0 aromatic heterocycles. The van der Waals surface area contributed by atoms with Gasteiger partial charge in [0.1, 0.15) is 11.5 Å². The van der Waals surface area contributed by atoms with E-state index in [4.69, 9.17) is 11.6 Å². The molecule has 0 aliphatic rings. The normalized spacial score (nSPS) is 13.1. The number of benzene rings is 1. The second-order valence-corrected chi connectivity index (χ2v) is 4.56. The van der Waals surface area contributed by atoms with Crippen LogP contribution in [0.15, 0.2) is 24.3 Å². The van der Waals surface area contributed by atoms with Crippen LogP contribution in [0.3, 0.4) is 0 Å². The van der Waals surface area contributed by atoms with Crippen molar-refractivity contribution < 1.29 is 22.7 Å². The first-order chi connectivity index (χ1) is 8.81. The molecule has 0 heterocycles. The minimum absolute atomic E-state index is 0.0243. The molecule has 0 spiro atoms. The molecule has 0 fully saturated rings. The van der Waals surface area contributed by atoms with Gasteiger partial charge in [-0.05, 0) is 37.5 Å². The van der Waals surface area contributed by atoms with E-state index in [-0.39, 0.29) is 17.5 Å². The van der Waals surface area contributed by atoms with Crippen LogP contribution in [0.5, 0.6) is 5.75 Å². The molecule has 0 saturated carbocycles. The summed E-state index contributed by atoms with van der Waals surface area (Å²) < 4.78 is 39.7. The summed E-state index contributed by atoms with van der Waals surface area (Å²) in [6, 6.07) is 5.51. The number of alkyl halides is 4. The van der Waals surface area contributed by atoms with E-state index < -0.39 is 6.36 Å². The molecular formula is C13H14ClF3O2. The summed E-state index contributed by atoms with van der Waals surface area (Å²) in [4.78, 5) is 11.4. The number of ether oxygens (including phenoxy) is 1. The van der Waals surface area contributed by atoms with Crippen LogP contribution in [0.25, 0.3) is 0 Å². The lowest BCUT2D eigenvalue weighted by Crippen LogP contribution is -2.17. The third-order valence-corrected chi connectivity index (χ3v) is 2.89. The van der Waals surface area contributed by atoms with E-state index in [1.165, 1.54) is 31.2 Å². The Bertz CT molecular complexity index is 415. The number of hydrogen-bond acceptors (Lipinski definition) is 2. The monoisotopic (exact) mass is 294 g/mol. The zero-order chi connectivity index (χ0) is 14.5. The van der Waals surface area contributed by atoms with Crippen LogP contribution < -0.4 is 4.74 Å². The van der Waals surface area contributed by atoms with Crippen molar-refractivity contribution >= 4 is 17.4 Å². The van der Waals surface area contributed by atoms with Crippen molar-refractivity contribution in [2.45, 2.75) is 26.1 Å². The maximum absolute atomic E-state index is 12.0. The number of Topliss-reactive ketones (excluding diaryl/α,β-unsaturated/α-hetero) is 1. The van der Waals surface area contributed by atoms with Crippen molar-refractivity contribution in [1.29, 1.82) is 0 Å². The summed E-state index contributed by atoms with van der Waals surface area (Å²) in [7, 11) is 0. The Morgan fingerprint density at radius 2 is 1.89 bits per heavy atom. The lowest BCUT2D eigenvalue weighted by Gasteiger charge is -2.13. The van der Waals surface area contributed by atoms with Crippen LogP contribution >= 0.6 is 11.6 Å². The lowest BCUT2D eigenvalue weighted by atomic mass is 9.93. The van der Waals surface area contributed by atoms with Gasteiger partial charge in [0.25, 0.3) is 0 Å². The van der Waals surface area contributed by atoms with Crippen molar-refractivity contribution in [2.75, 3.05) is 5.88 Å². The van der Waals surface area contributed by atoms with E-state index in [9.17, 15) is 18.0 Å². The van der Waals surface area contributed by atoms with Gasteiger partial charge in [-0.25, -0.2) is 0 Å². The van der Waals surface area contributed by atoms with Crippen LogP contribution in [0.1, 0.15) is 18.9 Å². The summed E-state index contributed by atoms with van der Waals surface area (Å²) in [5, 5.41) is 0. The first kappa shape index (κ1) is 15.8. The summed E-state index contributed by atoms with van der Waals surface area (Å²) >= 11 is 5.61. The Balaban J connectivity index is 2.68. The lowest BCUT2D eigenvalue weighted by molar-refractivity contribution is -0.274. The number of hydrogen-bond donors (Lipinski definition) is 0. The average Bonchev–Trinajstić information content (AvgIpc) is 2.29. The van der Waals surface area contributed by atoms with E-state index in [1.807, 2.05) is 0 Å². The van der Waals surface area contributed by atoms with Gasteiger partial charge in [-0.15, -0.1) is 24.8 Å². The highest BCUT2D eigenvalue weighted by Crippen LogP contribution is 2.24. The van der Waals surface area contributed by atoms with Gasteiger partial charge in [-0.1, -0.05) is 12.1 Å². The number of carbonyl (C=O) groups excluding carboxylic acids is 1. The molecule has 0 aliphatic heterocycles. The smallest absolute Gasteiger partial charge is 0.406 e. The van der Waals surface area contributed by atoms with E-state index in [0.29, 0.717) is 18.7 Å². The zero-order valence-electron chi connectivity index (χ0n) is 10.3. The molecule has 1 aromatic carbocycles. The van der Waals surface area contributed by atoms with Crippen molar-refractivity contribution in [3.63, 3.8) is 0 Å². The van der Waals surface area contributed by atoms with Crippen molar-refractivity contribution in [3.8, 4) is 5.75 Å². The maximum atomic E-state index is 12.0. The molecule has 0 radical (unpaired) electrons. The molecule has 0 aliphatic carbocycles. The highest BCUT2D eigenvalue weighted by atomic mass is 35.5. The highest BCUT2D eigenvalue weighted by molar-refractivity contribution is 6.18. The second kappa shape index (κ2) is 6.80. The minimum atomic E-state index is -4.69. The predicted octanol–water partition coefficient (Wildman–Crippen LogP) is 3.96. The molecule has 106 valence electrons. The Hall–Kier alpha value is -1.23. The molecule has 1 unspecified atom stereocenters. The van der Waals surface area contributed by atoms with Crippen LogP contribution in [0.4, 0.5) is 13.2 Å². The molecule has 0 N–H and O–H groups in total. The van der Waals surface area contributed by atoms with Gasteiger partial charge in [-0.3, -0.25) is 4.79 Å². The first-order valence-corrected chi connectivity index (χ1v) is 6.26. The van der Waals surface area contributed by atoms with E-state index >= 15 is 0 Å². The van der Waals surface area contributed by atoms with E-state index in [1.54, 1.807) is 0 Å². The van der Waals surface area contributed by atoms with Crippen LogP contribution in [0.2, 0.25) is 0 Å². The SMILES string of the molecule is CC(=O)C(CCCl)Cc1ccc(OC(F)(F)F)cc1. The van der Waals surface area contributed by atoms with Crippen molar-refractivity contribution in [1.82, 2.24) is 0 Å². The van der Waals surface area contributed by atoms with Crippen LogP contribution in [0, 0.1) is 5.92 Å². The van der Waals surface area contributed by atoms with Gasteiger partial charge in [0.2, 0.25) is 0 Å². The molecular weight excluding hydrogens is 281 g/mol. The molecule has 2 nitrogen and oxygen atoms in total. The number of ketones is 1. The molecule has 19 heavy (non-hydrogen) atoms. The number of halogens is 4. The number of carbonyl (C=O) groups is 1. The fraction of sp³-hybridized carbons (Fsp3) is 0.462. The summed E-state index contributed by atoms with van der Waals surface area (Å²) in [6.07, 6.45) is -3.67. The first-order valence-electron chi connectivity index (χ1n) is 5.73. The van der Waals surface area contributed by atoms with Crippen LogP contribution in [-0.2, 0) is 11.2 Å². The topological polar surface area (TPSA) is 26.3 Å². The fourth-order valence-electron chi connectivity index (χ4n) is 1.69. The van der Waals surface area contributed by atoms with Gasteiger partial charge in [0, 0.05) is 11.8 Å². The minimum Gasteiger partial charge on any atom is -0.406 e. The van der Waals surface area contributed by atoms with E-state index in [0.717, 1.165) is 5.56 Å². The van der Waals surface area contributed by atoms with Crippen molar-refractivity contribution in [2.24, 2.45) is 5.92 Å².